The van der Waals surface area contributed by atoms with Crippen molar-refractivity contribution in [3.05, 3.63) is 28.8 Å². The molecule has 0 spiro atoms. The predicted octanol–water partition coefficient (Wildman–Crippen LogP) is 2.06. The van der Waals surface area contributed by atoms with Crippen molar-refractivity contribution in [1.29, 1.82) is 0 Å². The van der Waals surface area contributed by atoms with Crippen LogP contribution in [0, 0.1) is 6.92 Å². The van der Waals surface area contributed by atoms with Gasteiger partial charge in [-0.05, 0) is 25.1 Å². The first-order chi connectivity index (χ1) is 13.0. The van der Waals surface area contributed by atoms with Crippen molar-refractivity contribution in [1.82, 2.24) is 10.3 Å². The van der Waals surface area contributed by atoms with Gasteiger partial charge < -0.3 is 24.3 Å². The molecular weight excluding hydrogens is 372 g/mol. The summed E-state index contributed by atoms with van der Waals surface area (Å²) in [6, 6.07) is 5.39. The number of aryl methyl sites for hydroxylation is 1. The summed E-state index contributed by atoms with van der Waals surface area (Å²) in [6.07, 6.45) is 0. The van der Waals surface area contributed by atoms with Crippen molar-refractivity contribution >= 4 is 23.2 Å². The van der Waals surface area contributed by atoms with E-state index in [2.05, 4.69) is 10.3 Å². The van der Waals surface area contributed by atoms with Crippen molar-refractivity contribution < 1.29 is 28.5 Å². The molecule has 27 heavy (non-hydrogen) atoms. The van der Waals surface area contributed by atoms with Gasteiger partial charge in [0.1, 0.15) is 9.88 Å². The lowest BCUT2D eigenvalue weighted by Crippen LogP contribution is -2.31. The van der Waals surface area contributed by atoms with Gasteiger partial charge in [0.25, 0.3) is 5.91 Å². The Morgan fingerprint density at radius 3 is 2.56 bits per heavy atom. The summed E-state index contributed by atoms with van der Waals surface area (Å²) < 4.78 is 20.4. The molecule has 0 saturated heterocycles. The molecule has 2 aromatic rings. The zero-order valence-electron chi connectivity index (χ0n) is 15.7. The second-order valence-electron chi connectivity index (χ2n) is 5.42. The maximum absolute atomic E-state index is 12.3. The Hall–Kier alpha value is -2.65. The molecule has 0 aliphatic heterocycles. The molecule has 0 aliphatic carbocycles. The van der Waals surface area contributed by atoms with Crippen LogP contribution < -0.4 is 14.8 Å². The number of thiazole rings is 1. The Kier molecular flexibility index (Phi) is 7.56. The smallest absolute Gasteiger partial charge is 0.350 e. The number of hydrogen-bond acceptors (Lipinski definition) is 8. The van der Waals surface area contributed by atoms with Crippen molar-refractivity contribution in [2.75, 3.05) is 41.1 Å². The molecule has 9 heteroatoms. The first kappa shape index (κ1) is 20.7. The molecular formula is C18H22N2O6S. The predicted molar refractivity (Wildman–Crippen MR) is 101 cm³/mol. The number of esters is 1. The van der Waals surface area contributed by atoms with Crippen LogP contribution in [0.4, 0.5) is 0 Å². The van der Waals surface area contributed by atoms with Crippen LogP contribution in [0.3, 0.4) is 0 Å². The van der Waals surface area contributed by atoms with Crippen LogP contribution in [0.5, 0.6) is 11.5 Å². The highest BCUT2D eigenvalue weighted by Gasteiger charge is 2.19. The third kappa shape index (κ3) is 5.41. The molecule has 8 nitrogen and oxygen atoms in total. The molecule has 0 unspecified atom stereocenters. The zero-order chi connectivity index (χ0) is 19.8. The summed E-state index contributed by atoms with van der Waals surface area (Å²) in [6.45, 7) is 2.11. The molecule has 146 valence electrons. The Balaban J connectivity index is 2.07. The number of benzene rings is 1. The van der Waals surface area contributed by atoms with Gasteiger partial charge in [0.2, 0.25) is 0 Å². The van der Waals surface area contributed by atoms with Gasteiger partial charge in [-0.1, -0.05) is 0 Å². The standard InChI is InChI=1S/C18H22N2O6S/c1-11-16(18(22)26-10-15(21)19-7-8-23-2)27-17(20-11)12-5-6-13(24-3)14(9-12)25-4/h5-6,9H,7-8,10H2,1-4H3,(H,19,21). The van der Waals surface area contributed by atoms with E-state index in [0.29, 0.717) is 40.2 Å². The van der Waals surface area contributed by atoms with Gasteiger partial charge in [-0.3, -0.25) is 4.79 Å². The molecule has 1 amide bonds. The van der Waals surface area contributed by atoms with Crippen LogP contribution in [0.15, 0.2) is 18.2 Å². The summed E-state index contributed by atoms with van der Waals surface area (Å²) in [5.74, 6) is 0.203. The highest BCUT2D eigenvalue weighted by atomic mass is 32.1. The quantitative estimate of drug-likeness (QED) is 0.514. The molecule has 0 radical (unpaired) electrons. The van der Waals surface area contributed by atoms with Gasteiger partial charge in [-0.25, -0.2) is 9.78 Å². The molecule has 0 fully saturated rings. The largest absolute Gasteiger partial charge is 0.493 e. The van der Waals surface area contributed by atoms with Crippen LogP contribution in [0.25, 0.3) is 10.6 Å². The number of ether oxygens (including phenoxy) is 4. The van der Waals surface area contributed by atoms with Gasteiger partial charge in [0.15, 0.2) is 18.1 Å². The third-order valence-corrected chi connectivity index (χ3v) is 4.76. The van der Waals surface area contributed by atoms with E-state index in [9.17, 15) is 9.59 Å². The lowest BCUT2D eigenvalue weighted by atomic mass is 10.2. The van der Waals surface area contributed by atoms with Gasteiger partial charge in [0, 0.05) is 19.2 Å². The zero-order valence-corrected chi connectivity index (χ0v) is 16.5. The minimum Gasteiger partial charge on any atom is -0.493 e. The lowest BCUT2D eigenvalue weighted by Gasteiger charge is -2.08. The summed E-state index contributed by atoms with van der Waals surface area (Å²) in [5, 5.41) is 3.22. The van der Waals surface area contributed by atoms with E-state index in [1.54, 1.807) is 33.3 Å². The number of carbonyl (C=O) groups excluding carboxylic acids is 2. The Labute approximate surface area is 161 Å². The number of nitrogens with one attached hydrogen (secondary N) is 1. The van der Waals surface area contributed by atoms with Crippen LogP contribution in [-0.2, 0) is 14.3 Å². The van der Waals surface area contributed by atoms with E-state index in [-0.39, 0.29) is 12.5 Å². The number of methoxy groups -OCH3 is 3. The van der Waals surface area contributed by atoms with Gasteiger partial charge >= 0.3 is 5.97 Å². The van der Waals surface area contributed by atoms with Gasteiger partial charge in [0.05, 0.1) is 26.5 Å². The SMILES string of the molecule is COCCNC(=O)COC(=O)c1sc(-c2ccc(OC)c(OC)c2)nc1C. The van der Waals surface area contributed by atoms with Crippen LogP contribution in [0.2, 0.25) is 0 Å². The molecule has 1 N–H and O–H groups in total. The van der Waals surface area contributed by atoms with Gasteiger partial charge in [-0.2, -0.15) is 0 Å². The molecule has 0 aliphatic rings. The maximum atomic E-state index is 12.3. The first-order valence-electron chi connectivity index (χ1n) is 8.12. The fourth-order valence-corrected chi connectivity index (χ4v) is 3.18. The fourth-order valence-electron chi connectivity index (χ4n) is 2.22. The number of nitrogens with zero attached hydrogens (tertiary/aromatic N) is 1. The van der Waals surface area contributed by atoms with Crippen LogP contribution >= 0.6 is 11.3 Å². The maximum Gasteiger partial charge on any atom is 0.350 e. The number of aromatic nitrogens is 1. The number of amides is 1. The number of rotatable bonds is 9. The lowest BCUT2D eigenvalue weighted by molar-refractivity contribution is -0.124. The summed E-state index contributed by atoms with van der Waals surface area (Å²) in [7, 11) is 4.65. The van der Waals surface area contributed by atoms with Crippen LogP contribution in [-0.4, -0.2) is 57.9 Å². The first-order valence-corrected chi connectivity index (χ1v) is 8.94. The van der Waals surface area contributed by atoms with Crippen molar-refractivity contribution in [3.63, 3.8) is 0 Å². The molecule has 0 saturated carbocycles. The monoisotopic (exact) mass is 394 g/mol. The Bertz CT molecular complexity index is 805. The minimum absolute atomic E-state index is 0.351. The van der Waals surface area contributed by atoms with Crippen molar-refractivity contribution in [2.45, 2.75) is 6.92 Å². The molecule has 1 aromatic heterocycles. The van der Waals surface area contributed by atoms with E-state index in [1.807, 2.05) is 6.07 Å². The molecule has 1 heterocycles. The molecule has 0 bridgehead atoms. The second kappa shape index (κ2) is 9.89. The molecule has 2 rings (SSSR count). The second-order valence-corrected chi connectivity index (χ2v) is 6.42. The number of carbonyl (C=O) groups is 2. The molecule has 0 atom stereocenters. The van der Waals surface area contributed by atoms with Crippen molar-refractivity contribution in [2.24, 2.45) is 0 Å². The van der Waals surface area contributed by atoms with E-state index < -0.39 is 5.97 Å². The Morgan fingerprint density at radius 2 is 1.89 bits per heavy atom. The van der Waals surface area contributed by atoms with Crippen molar-refractivity contribution in [3.8, 4) is 22.1 Å². The number of hydrogen-bond donors (Lipinski definition) is 1. The minimum atomic E-state index is -0.585. The summed E-state index contributed by atoms with van der Waals surface area (Å²) in [4.78, 5) is 28.7. The average molecular weight is 394 g/mol. The van der Waals surface area contributed by atoms with Crippen LogP contribution in [0.1, 0.15) is 15.4 Å². The summed E-state index contributed by atoms with van der Waals surface area (Å²) >= 11 is 1.19. The van der Waals surface area contributed by atoms with E-state index in [0.717, 1.165) is 5.56 Å². The normalized spacial score (nSPS) is 10.4. The highest BCUT2D eigenvalue weighted by molar-refractivity contribution is 7.17. The fraction of sp³-hybridized carbons (Fsp3) is 0.389. The third-order valence-electron chi connectivity index (χ3n) is 3.58. The van der Waals surface area contributed by atoms with Gasteiger partial charge in [-0.15, -0.1) is 11.3 Å². The summed E-state index contributed by atoms with van der Waals surface area (Å²) in [5.41, 5.74) is 1.33. The highest BCUT2D eigenvalue weighted by Crippen LogP contribution is 2.35. The molecule has 1 aromatic carbocycles. The topological polar surface area (TPSA) is 96.0 Å². The Morgan fingerprint density at radius 1 is 1.15 bits per heavy atom. The van der Waals surface area contributed by atoms with E-state index >= 15 is 0 Å². The average Bonchev–Trinajstić information content (AvgIpc) is 3.07. The van der Waals surface area contributed by atoms with E-state index in [1.165, 1.54) is 18.4 Å². The van der Waals surface area contributed by atoms with E-state index in [4.69, 9.17) is 18.9 Å².